The van der Waals surface area contributed by atoms with E-state index in [1.54, 1.807) is 24.4 Å². The number of carbonyl (C=O) groups is 2. The lowest BCUT2D eigenvalue weighted by atomic mass is 9.89. The van der Waals surface area contributed by atoms with Gasteiger partial charge in [0.15, 0.2) is 0 Å². The maximum absolute atomic E-state index is 12.3. The summed E-state index contributed by atoms with van der Waals surface area (Å²) in [6.45, 7) is 0. The van der Waals surface area contributed by atoms with E-state index >= 15 is 0 Å². The molecule has 0 saturated carbocycles. The summed E-state index contributed by atoms with van der Waals surface area (Å²) in [6, 6.07) is 10.7. The van der Waals surface area contributed by atoms with Crippen molar-refractivity contribution in [3.05, 3.63) is 83.7 Å². The average molecular weight is 431 g/mol. The number of carbonyl (C=O) groups excluding carboxylic acids is 1. The van der Waals surface area contributed by atoms with E-state index in [0.717, 1.165) is 10.9 Å². The van der Waals surface area contributed by atoms with Crippen molar-refractivity contribution in [1.29, 1.82) is 0 Å². The number of fused-ring (bicyclic) bond motifs is 1. The summed E-state index contributed by atoms with van der Waals surface area (Å²) >= 11 is 0. The molecule has 1 unspecified atom stereocenters. The molecular formula is C24H21N3O5. The minimum absolute atomic E-state index is 0.0265. The van der Waals surface area contributed by atoms with Crippen LogP contribution in [0.4, 0.5) is 10.5 Å². The molecule has 1 aliphatic rings. The molecule has 0 spiro atoms. The van der Waals surface area contributed by atoms with E-state index in [-0.39, 0.29) is 17.2 Å². The quantitative estimate of drug-likeness (QED) is 0.475. The van der Waals surface area contributed by atoms with Crippen LogP contribution in [0.2, 0.25) is 0 Å². The lowest BCUT2D eigenvalue weighted by Crippen LogP contribution is -2.28. The molecule has 2 aromatic carbocycles. The van der Waals surface area contributed by atoms with Gasteiger partial charge in [0.1, 0.15) is 5.75 Å². The number of rotatable bonds is 5. The van der Waals surface area contributed by atoms with Crippen LogP contribution in [0.3, 0.4) is 0 Å². The van der Waals surface area contributed by atoms with E-state index in [2.05, 4.69) is 15.6 Å². The van der Waals surface area contributed by atoms with Gasteiger partial charge < -0.3 is 25.6 Å². The first-order chi connectivity index (χ1) is 15.5. The van der Waals surface area contributed by atoms with E-state index in [4.69, 9.17) is 9.84 Å². The Labute approximate surface area is 183 Å². The lowest BCUT2D eigenvalue weighted by Gasteiger charge is -2.20. The minimum Gasteiger partial charge on any atom is -0.507 e. The molecule has 1 heterocycles. The standard InChI is InChI=1S/C24H21N3O5/c1-32-22-18-3-2-4-20(28)21(18)19(13-25-22)14-5-9-16(10-6-14)26-24(31)27-17-11-7-15(8-12-17)23(29)30/h2-5,7-14,28H,6H2,1H3,(H,29,30)(H2,26,27,31). The van der Waals surface area contributed by atoms with Crippen LogP contribution in [0, 0.1) is 0 Å². The van der Waals surface area contributed by atoms with Gasteiger partial charge in [0.2, 0.25) is 5.88 Å². The highest BCUT2D eigenvalue weighted by atomic mass is 16.5. The number of amides is 2. The van der Waals surface area contributed by atoms with Crippen molar-refractivity contribution in [2.45, 2.75) is 12.3 Å². The second-order valence-corrected chi connectivity index (χ2v) is 7.24. The van der Waals surface area contributed by atoms with E-state index in [0.29, 0.717) is 29.1 Å². The highest BCUT2D eigenvalue weighted by Gasteiger charge is 2.19. The maximum Gasteiger partial charge on any atom is 0.335 e. The van der Waals surface area contributed by atoms with Crippen molar-refractivity contribution < 1.29 is 24.5 Å². The number of nitrogens with zero attached hydrogens (tertiary/aromatic N) is 1. The number of ether oxygens (including phenoxy) is 1. The van der Waals surface area contributed by atoms with Crippen LogP contribution < -0.4 is 15.4 Å². The monoisotopic (exact) mass is 431 g/mol. The van der Waals surface area contributed by atoms with Crippen molar-refractivity contribution in [3.8, 4) is 11.6 Å². The number of phenolic OH excluding ortho intramolecular Hbond substituents is 1. The zero-order valence-corrected chi connectivity index (χ0v) is 17.2. The smallest absolute Gasteiger partial charge is 0.335 e. The predicted molar refractivity (Wildman–Crippen MR) is 120 cm³/mol. The molecule has 0 bridgehead atoms. The first-order valence-corrected chi connectivity index (χ1v) is 9.90. The molecule has 32 heavy (non-hydrogen) atoms. The number of pyridine rings is 1. The van der Waals surface area contributed by atoms with Crippen LogP contribution >= 0.6 is 0 Å². The summed E-state index contributed by atoms with van der Waals surface area (Å²) in [7, 11) is 1.54. The molecular weight excluding hydrogens is 410 g/mol. The van der Waals surface area contributed by atoms with E-state index in [1.165, 1.54) is 31.4 Å². The second kappa shape index (κ2) is 8.81. The van der Waals surface area contributed by atoms with Gasteiger partial charge in [-0.05, 0) is 54.5 Å². The molecule has 0 radical (unpaired) electrons. The Morgan fingerprint density at radius 3 is 2.56 bits per heavy atom. The Hall–Kier alpha value is -4.33. The number of hydrogen-bond acceptors (Lipinski definition) is 5. The number of nitrogens with one attached hydrogen (secondary N) is 2. The van der Waals surface area contributed by atoms with Crippen LogP contribution in [0.1, 0.15) is 28.3 Å². The van der Waals surface area contributed by atoms with Gasteiger partial charge in [0, 0.05) is 34.3 Å². The Balaban J connectivity index is 1.45. The van der Waals surface area contributed by atoms with E-state index in [1.807, 2.05) is 18.2 Å². The molecule has 1 aromatic heterocycles. The third-order valence-electron chi connectivity index (χ3n) is 5.22. The number of phenols is 1. The molecule has 0 saturated heterocycles. The summed E-state index contributed by atoms with van der Waals surface area (Å²) in [4.78, 5) is 27.5. The molecule has 2 amide bonds. The molecule has 0 fully saturated rings. The van der Waals surface area contributed by atoms with Crippen LogP contribution in [0.15, 0.2) is 72.6 Å². The van der Waals surface area contributed by atoms with Crippen molar-refractivity contribution in [2.75, 3.05) is 12.4 Å². The van der Waals surface area contributed by atoms with Crippen LogP contribution in [0.5, 0.6) is 11.6 Å². The molecule has 4 N–H and O–H groups in total. The number of aromatic carboxylic acids is 1. The Kier molecular flexibility index (Phi) is 5.76. The van der Waals surface area contributed by atoms with Gasteiger partial charge in [0.05, 0.1) is 12.7 Å². The number of methoxy groups -OCH3 is 1. The van der Waals surface area contributed by atoms with Gasteiger partial charge in [0.25, 0.3) is 0 Å². The van der Waals surface area contributed by atoms with Crippen LogP contribution in [-0.4, -0.2) is 34.3 Å². The summed E-state index contributed by atoms with van der Waals surface area (Å²) in [6.07, 6.45) is 7.96. The summed E-state index contributed by atoms with van der Waals surface area (Å²) < 4.78 is 5.32. The number of hydrogen-bond donors (Lipinski definition) is 4. The second-order valence-electron chi connectivity index (χ2n) is 7.24. The lowest BCUT2D eigenvalue weighted by molar-refractivity contribution is 0.0697. The Morgan fingerprint density at radius 2 is 1.91 bits per heavy atom. The van der Waals surface area contributed by atoms with Gasteiger partial charge in [-0.3, -0.25) is 0 Å². The fourth-order valence-electron chi connectivity index (χ4n) is 3.66. The number of anilines is 1. The summed E-state index contributed by atoms with van der Waals surface area (Å²) in [5.41, 5.74) is 2.13. The first kappa shape index (κ1) is 20.9. The largest absolute Gasteiger partial charge is 0.507 e. The Morgan fingerprint density at radius 1 is 1.12 bits per heavy atom. The topological polar surface area (TPSA) is 121 Å². The van der Waals surface area contributed by atoms with Crippen LogP contribution in [-0.2, 0) is 0 Å². The number of aromatic hydroxyl groups is 1. The zero-order chi connectivity index (χ0) is 22.7. The normalized spacial score (nSPS) is 15.2. The molecule has 162 valence electrons. The summed E-state index contributed by atoms with van der Waals surface area (Å²) in [5.74, 6) is -0.444. The fourth-order valence-corrected chi connectivity index (χ4v) is 3.66. The molecule has 0 aliphatic heterocycles. The number of allylic oxidation sites excluding steroid dienone is 3. The van der Waals surface area contributed by atoms with Gasteiger partial charge in [-0.2, -0.15) is 0 Å². The molecule has 4 rings (SSSR count). The third-order valence-corrected chi connectivity index (χ3v) is 5.22. The van der Waals surface area contributed by atoms with E-state index < -0.39 is 12.0 Å². The van der Waals surface area contributed by atoms with Crippen molar-refractivity contribution >= 4 is 28.5 Å². The molecule has 8 nitrogen and oxygen atoms in total. The zero-order valence-electron chi connectivity index (χ0n) is 17.2. The SMILES string of the molecule is COc1ncc(C2C=CC(NC(=O)Nc3ccc(C(=O)O)cc3)=CC2)c2c(O)cccc12. The highest BCUT2D eigenvalue weighted by Crippen LogP contribution is 2.38. The number of aromatic nitrogens is 1. The van der Waals surface area contributed by atoms with Crippen molar-refractivity contribution in [1.82, 2.24) is 10.3 Å². The fraction of sp³-hybridized carbons (Fsp3) is 0.125. The average Bonchev–Trinajstić information content (AvgIpc) is 2.79. The van der Waals surface area contributed by atoms with Crippen LogP contribution in [0.25, 0.3) is 10.8 Å². The third kappa shape index (κ3) is 4.24. The van der Waals surface area contributed by atoms with E-state index in [9.17, 15) is 14.7 Å². The molecule has 8 heteroatoms. The number of carboxylic acids is 1. The van der Waals surface area contributed by atoms with Crippen molar-refractivity contribution in [2.24, 2.45) is 0 Å². The van der Waals surface area contributed by atoms with Gasteiger partial charge in [-0.15, -0.1) is 0 Å². The first-order valence-electron chi connectivity index (χ1n) is 9.90. The maximum atomic E-state index is 12.3. The minimum atomic E-state index is -1.03. The van der Waals surface area contributed by atoms with Gasteiger partial charge >= 0.3 is 12.0 Å². The van der Waals surface area contributed by atoms with Crippen molar-refractivity contribution in [3.63, 3.8) is 0 Å². The Bertz CT molecular complexity index is 1250. The number of urea groups is 1. The molecule has 1 aliphatic carbocycles. The number of carboxylic acid groups (broad SMARTS) is 1. The predicted octanol–water partition coefficient (Wildman–Crippen LogP) is 4.40. The number of benzene rings is 2. The van der Waals surface area contributed by atoms with Gasteiger partial charge in [-0.1, -0.05) is 18.2 Å². The molecule has 3 aromatic rings. The summed E-state index contributed by atoms with van der Waals surface area (Å²) in [5, 5.41) is 26.2. The molecule has 1 atom stereocenters. The highest BCUT2D eigenvalue weighted by molar-refractivity contribution is 5.95. The van der Waals surface area contributed by atoms with Gasteiger partial charge in [-0.25, -0.2) is 14.6 Å².